The molecular formula is C23H22ClN5O. The smallest absolute Gasteiger partial charge is 0.253 e. The number of anilines is 2. The topological polar surface area (TPSA) is 74.0 Å². The van der Waals surface area contributed by atoms with E-state index in [0.717, 1.165) is 11.5 Å². The van der Waals surface area contributed by atoms with E-state index in [1.165, 1.54) is 0 Å². The molecule has 2 heterocycles. The predicted octanol–water partition coefficient (Wildman–Crippen LogP) is 4.83. The molecule has 0 unspecified atom stereocenters. The molecule has 1 amide bonds. The number of hydrogen-bond acceptors (Lipinski definition) is 4. The van der Waals surface area contributed by atoms with Crippen LogP contribution in [0.5, 0.6) is 0 Å². The van der Waals surface area contributed by atoms with Gasteiger partial charge in [0.25, 0.3) is 5.91 Å². The summed E-state index contributed by atoms with van der Waals surface area (Å²) in [5.41, 5.74) is 1.17. The van der Waals surface area contributed by atoms with Gasteiger partial charge in [0.15, 0.2) is 5.82 Å². The molecule has 0 bridgehead atoms. The fourth-order valence-corrected chi connectivity index (χ4v) is 3.99. The molecule has 1 N–H and O–H groups in total. The Kier molecular flexibility index (Phi) is 5.73. The lowest BCUT2D eigenvalue weighted by Crippen LogP contribution is -2.48. The van der Waals surface area contributed by atoms with E-state index in [1.807, 2.05) is 52.2 Å². The molecule has 2 aromatic carbocycles. The summed E-state index contributed by atoms with van der Waals surface area (Å²) in [6.45, 7) is 1.15. The van der Waals surface area contributed by atoms with E-state index in [-0.39, 0.29) is 5.91 Å². The van der Waals surface area contributed by atoms with Gasteiger partial charge in [0.2, 0.25) is 0 Å². The molecule has 1 aliphatic heterocycles. The zero-order valence-electron chi connectivity index (χ0n) is 16.5. The molecule has 1 saturated heterocycles. The van der Waals surface area contributed by atoms with E-state index >= 15 is 0 Å². The SMILES string of the molecule is N#CCC1(n2ccc(Nc3ccccc3)n2)CCN(C(=O)c2ccc(Cl)cc2)CC1. The summed E-state index contributed by atoms with van der Waals surface area (Å²) in [5.74, 6) is 0.724. The van der Waals surface area contributed by atoms with Gasteiger partial charge in [-0.05, 0) is 49.2 Å². The highest BCUT2D eigenvalue weighted by Crippen LogP contribution is 2.34. The van der Waals surface area contributed by atoms with Gasteiger partial charge in [0.05, 0.1) is 18.0 Å². The summed E-state index contributed by atoms with van der Waals surface area (Å²) in [6.07, 6.45) is 3.61. The molecule has 0 aliphatic carbocycles. The molecule has 1 fully saturated rings. The first kappa shape index (κ1) is 20.0. The summed E-state index contributed by atoms with van der Waals surface area (Å²) in [7, 11) is 0. The number of benzene rings is 2. The highest BCUT2D eigenvalue weighted by molar-refractivity contribution is 6.30. The normalized spacial score (nSPS) is 15.4. The zero-order chi connectivity index (χ0) is 21.0. The Morgan fingerprint density at radius 3 is 2.47 bits per heavy atom. The van der Waals surface area contributed by atoms with Crippen molar-refractivity contribution in [2.45, 2.75) is 24.8 Å². The van der Waals surface area contributed by atoms with Gasteiger partial charge in [-0.2, -0.15) is 10.4 Å². The maximum Gasteiger partial charge on any atom is 0.253 e. The Morgan fingerprint density at radius 1 is 1.10 bits per heavy atom. The van der Waals surface area contributed by atoms with Crippen LogP contribution < -0.4 is 5.32 Å². The van der Waals surface area contributed by atoms with Crippen LogP contribution in [0.2, 0.25) is 5.02 Å². The number of para-hydroxylation sites is 1. The number of carbonyl (C=O) groups excluding carboxylic acids is 1. The standard InChI is InChI=1S/C23H22ClN5O/c24-19-8-6-18(7-9-19)22(30)28-16-12-23(11-14-25,13-17-28)29-15-10-21(27-29)26-20-4-2-1-3-5-20/h1-10,15H,11-13,16-17H2,(H,26,27). The van der Waals surface area contributed by atoms with E-state index in [1.54, 1.807) is 24.3 Å². The first-order valence-electron chi connectivity index (χ1n) is 9.90. The van der Waals surface area contributed by atoms with E-state index in [2.05, 4.69) is 11.4 Å². The third-order valence-corrected chi connectivity index (χ3v) is 5.85. The number of likely N-dealkylation sites (tertiary alicyclic amines) is 1. The molecule has 6 nitrogen and oxygen atoms in total. The molecule has 7 heteroatoms. The first-order chi connectivity index (χ1) is 14.6. The number of amides is 1. The third kappa shape index (κ3) is 4.17. The Balaban J connectivity index is 1.48. The Bertz CT molecular complexity index is 1050. The minimum Gasteiger partial charge on any atom is -0.339 e. The van der Waals surface area contributed by atoms with Crippen molar-refractivity contribution in [2.24, 2.45) is 0 Å². The zero-order valence-corrected chi connectivity index (χ0v) is 17.2. The van der Waals surface area contributed by atoms with Crippen LogP contribution in [0, 0.1) is 11.3 Å². The van der Waals surface area contributed by atoms with Crippen LogP contribution in [-0.4, -0.2) is 33.7 Å². The first-order valence-corrected chi connectivity index (χ1v) is 10.3. The molecule has 0 saturated carbocycles. The largest absolute Gasteiger partial charge is 0.339 e. The van der Waals surface area contributed by atoms with E-state index in [4.69, 9.17) is 16.7 Å². The van der Waals surface area contributed by atoms with Crippen molar-refractivity contribution < 1.29 is 4.79 Å². The monoisotopic (exact) mass is 419 g/mol. The van der Waals surface area contributed by atoms with Gasteiger partial charge in [-0.1, -0.05) is 29.8 Å². The summed E-state index contributed by atoms with van der Waals surface area (Å²) in [4.78, 5) is 14.6. The van der Waals surface area contributed by atoms with Gasteiger partial charge in [-0.3, -0.25) is 9.48 Å². The van der Waals surface area contributed by atoms with Crippen LogP contribution in [0.1, 0.15) is 29.6 Å². The number of carbonyl (C=O) groups is 1. The van der Waals surface area contributed by atoms with Crippen LogP contribution in [0.4, 0.5) is 11.5 Å². The highest BCUT2D eigenvalue weighted by Gasteiger charge is 2.38. The maximum absolute atomic E-state index is 12.8. The number of nitrogens with one attached hydrogen (secondary N) is 1. The van der Waals surface area contributed by atoms with Crippen LogP contribution in [0.25, 0.3) is 0 Å². The van der Waals surface area contributed by atoms with Crippen LogP contribution >= 0.6 is 11.6 Å². The Morgan fingerprint density at radius 2 is 1.80 bits per heavy atom. The van der Waals surface area contributed by atoms with Gasteiger partial charge in [0, 0.05) is 41.6 Å². The second kappa shape index (κ2) is 8.60. The van der Waals surface area contributed by atoms with Crippen molar-refractivity contribution in [2.75, 3.05) is 18.4 Å². The second-order valence-corrected chi connectivity index (χ2v) is 7.93. The molecule has 0 radical (unpaired) electrons. The summed E-state index contributed by atoms with van der Waals surface area (Å²) in [6, 6.07) is 21.0. The molecule has 1 aliphatic rings. The minimum atomic E-state index is -0.415. The van der Waals surface area contributed by atoms with E-state index < -0.39 is 5.54 Å². The van der Waals surface area contributed by atoms with Gasteiger partial charge in [-0.25, -0.2) is 0 Å². The maximum atomic E-state index is 12.8. The number of nitriles is 1. The quantitative estimate of drug-likeness (QED) is 0.643. The Hall–Kier alpha value is -3.30. The third-order valence-electron chi connectivity index (χ3n) is 5.60. The molecule has 152 valence electrons. The number of aromatic nitrogens is 2. The minimum absolute atomic E-state index is 0.0101. The van der Waals surface area contributed by atoms with Crippen LogP contribution in [0.15, 0.2) is 66.9 Å². The van der Waals surface area contributed by atoms with E-state index in [0.29, 0.717) is 42.9 Å². The van der Waals surface area contributed by atoms with Crippen LogP contribution in [0.3, 0.4) is 0 Å². The average Bonchev–Trinajstić information content (AvgIpc) is 3.24. The average molecular weight is 420 g/mol. The lowest BCUT2D eigenvalue weighted by Gasteiger charge is -2.40. The molecule has 0 spiro atoms. The number of halogens is 1. The van der Waals surface area contributed by atoms with Crippen molar-refractivity contribution in [3.63, 3.8) is 0 Å². The summed E-state index contributed by atoms with van der Waals surface area (Å²) < 4.78 is 1.89. The summed E-state index contributed by atoms with van der Waals surface area (Å²) in [5, 5.41) is 18.1. The van der Waals surface area contributed by atoms with Gasteiger partial charge >= 0.3 is 0 Å². The molecule has 3 aromatic rings. The number of rotatable bonds is 5. The van der Waals surface area contributed by atoms with Gasteiger partial charge in [0.1, 0.15) is 0 Å². The van der Waals surface area contributed by atoms with Crippen molar-refractivity contribution in [1.82, 2.24) is 14.7 Å². The number of hydrogen-bond donors (Lipinski definition) is 1. The van der Waals surface area contributed by atoms with Crippen molar-refractivity contribution in [3.8, 4) is 6.07 Å². The van der Waals surface area contributed by atoms with Gasteiger partial charge in [-0.15, -0.1) is 0 Å². The summed E-state index contributed by atoms with van der Waals surface area (Å²) >= 11 is 5.92. The number of nitrogens with zero attached hydrogens (tertiary/aromatic N) is 4. The molecule has 0 atom stereocenters. The van der Waals surface area contributed by atoms with Crippen molar-refractivity contribution in [3.05, 3.63) is 77.4 Å². The Labute approximate surface area is 180 Å². The molecule has 30 heavy (non-hydrogen) atoms. The van der Waals surface area contributed by atoms with Crippen molar-refractivity contribution >= 4 is 29.0 Å². The lowest BCUT2D eigenvalue weighted by atomic mass is 9.84. The predicted molar refractivity (Wildman–Crippen MR) is 117 cm³/mol. The second-order valence-electron chi connectivity index (χ2n) is 7.49. The number of piperidine rings is 1. The lowest BCUT2D eigenvalue weighted by molar-refractivity contribution is 0.0579. The molecular weight excluding hydrogens is 398 g/mol. The van der Waals surface area contributed by atoms with Gasteiger partial charge < -0.3 is 10.2 Å². The van der Waals surface area contributed by atoms with Crippen LogP contribution in [-0.2, 0) is 5.54 Å². The molecule has 1 aromatic heterocycles. The fraction of sp³-hybridized carbons (Fsp3) is 0.261. The van der Waals surface area contributed by atoms with Crippen molar-refractivity contribution in [1.29, 1.82) is 5.26 Å². The fourth-order valence-electron chi connectivity index (χ4n) is 3.86. The highest BCUT2D eigenvalue weighted by atomic mass is 35.5. The van der Waals surface area contributed by atoms with E-state index in [9.17, 15) is 10.1 Å². The molecule has 4 rings (SSSR count).